The summed E-state index contributed by atoms with van der Waals surface area (Å²) in [6.07, 6.45) is 3.55. The van der Waals surface area contributed by atoms with Gasteiger partial charge in [0.15, 0.2) is 0 Å². The molecule has 0 aliphatic rings. The summed E-state index contributed by atoms with van der Waals surface area (Å²) in [5.74, 6) is 0. The molecule has 0 saturated heterocycles. The van der Waals surface area contributed by atoms with E-state index in [9.17, 15) is 0 Å². The molecule has 2 rings (SSSR count). The van der Waals surface area contributed by atoms with Gasteiger partial charge in [0.2, 0.25) is 0 Å². The lowest BCUT2D eigenvalue weighted by Gasteiger charge is -1.94. The van der Waals surface area contributed by atoms with Gasteiger partial charge in [0.25, 0.3) is 0 Å². The minimum absolute atomic E-state index is 0.604. The molecule has 106 valence electrons. The highest BCUT2D eigenvalue weighted by Gasteiger charge is 1.91. The minimum Gasteiger partial charge on any atom is -0.291 e. The molecule has 0 heterocycles. The number of aliphatic imine (C=N–C) groups is 2. The van der Waals surface area contributed by atoms with Crippen LogP contribution in [0.4, 0.5) is 0 Å². The zero-order chi connectivity index (χ0) is 15.6. The molecular weight excluding hydrogens is 272 g/mol. The Balaban J connectivity index is 1.78. The van der Waals surface area contributed by atoms with Gasteiger partial charge in [-0.15, -0.1) is 0 Å². The fraction of sp³-hybridized carbons (Fsp3) is 0.111. The van der Waals surface area contributed by atoms with Crippen LogP contribution in [0.3, 0.4) is 0 Å². The smallest absolute Gasteiger partial charge is 0.0991 e. The van der Waals surface area contributed by atoms with Crippen LogP contribution in [-0.2, 0) is 0 Å². The first-order valence-corrected chi connectivity index (χ1v) is 6.82. The maximum Gasteiger partial charge on any atom is 0.0991 e. The van der Waals surface area contributed by atoms with Crippen molar-refractivity contribution in [2.75, 3.05) is 13.1 Å². The maximum atomic E-state index is 8.71. The summed E-state index contributed by atoms with van der Waals surface area (Å²) in [7, 11) is 0. The normalized spacial score (nSPS) is 10.6. The van der Waals surface area contributed by atoms with E-state index in [2.05, 4.69) is 22.1 Å². The highest BCUT2D eigenvalue weighted by molar-refractivity contribution is 5.80. The highest BCUT2D eigenvalue weighted by Crippen LogP contribution is 2.01. The van der Waals surface area contributed by atoms with Gasteiger partial charge >= 0.3 is 0 Å². The Bertz CT molecular complexity index is 674. The predicted octanol–water partition coefficient (Wildman–Crippen LogP) is 2.97. The van der Waals surface area contributed by atoms with E-state index < -0.39 is 0 Å². The zero-order valence-electron chi connectivity index (χ0n) is 12.0. The number of benzene rings is 2. The van der Waals surface area contributed by atoms with Crippen molar-refractivity contribution in [3.05, 3.63) is 70.8 Å². The molecule has 0 aliphatic carbocycles. The molecule has 0 saturated carbocycles. The van der Waals surface area contributed by atoms with Gasteiger partial charge in [-0.2, -0.15) is 10.5 Å². The van der Waals surface area contributed by atoms with Crippen LogP contribution in [-0.4, -0.2) is 25.5 Å². The quantitative estimate of drug-likeness (QED) is 0.626. The van der Waals surface area contributed by atoms with E-state index in [1.807, 2.05) is 24.3 Å². The van der Waals surface area contributed by atoms with E-state index >= 15 is 0 Å². The lowest BCUT2D eigenvalue weighted by molar-refractivity contribution is 0.985. The fourth-order valence-corrected chi connectivity index (χ4v) is 1.74. The Morgan fingerprint density at radius 2 is 1.05 bits per heavy atom. The average Bonchev–Trinajstić information content (AvgIpc) is 2.59. The third kappa shape index (κ3) is 4.70. The van der Waals surface area contributed by atoms with E-state index in [4.69, 9.17) is 10.5 Å². The topological polar surface area (TPSA) is 72.3 Å². The number of nitriles is 2. The van der Waals surface area contributed by atoms with Gasteiger partial charge in [0.05, 0.1) is 36.4 Å². The molecule has 22 heavy (non-hydrogen) atoms. The second-order valence-corrected chi connectivity index (χ2v) is 4.54. The molecule has 2 aromatic rings. The third-order valence-corrected chi connectivity index (χ3v) is 2.92. The van der Waals surface area contributed by atoms with Crippen molar-refractivity contribution in [2.45, 2.75) is 0 Å². The molecule has 4 heteroatoms. The van der Waals surface area contributed by atoms with Crippen LogP contribution in [0, 0.1) is 22.7 Å². The Hall–Kier alpha value is -3.24. The summed E-state index contributed by atoms with van der Waals surface area (Å²) >= 11 is 0. The Morgan fingerprint density at radius 3 is 1.36 bits per heavy atom. The van der Waals surface area contributed by atoms with Gasteiger partial charge in [-0.05, 0) is 35.4 Å². The minimum atomic E-state index is 0.604. The molecule has 0 amide bonds. The van der Waals surface area contributed by atoms with Crippen LogP contribution in [0.15, 0.2) is 58.5 Å². The van der Waals surface area contributed by atoms with E-state index in [0.29, 0.717) is 24.2 Å². The zero-order valence-corrected chi connectivity index (χ0v) is 12.0. The van der Waals surface area contributed by atoms with Crippen molar-refractivity contribution in [1.82, 2.24) is 0 Å². The second-order valence-electron chi connectivity index (χ2n) is 4.54. The van der Waals surface area contributed by atoms with Gasteiger partial charge < -0.3 is 0 Å². The van der Waals surface area contributed by atoms with Crippen molar-refractivity contribution in [3.8, 4) is 12.1 Å². The number of hydrogen-bond acceptors (Lipinski definition) is 4. The summed E-state index contributed by atoms with van der Waals surface area (Å²) < 4.78 is 0. The van der Waals surface area contributed by atoms with Crippen molar-refractivity contribution in [1.29, 1.82) is 10.5 Å². The molecule has 0 bridgehead atoms. The van der Waals surface area contributed by atoms with Crippen molar-refractivity contribution in [3.63, 3.8) is 0 Å². The SMILES string of the molecule is N#Cc1ccc(/C=N/CC/N=C/c2ccc(C#N)cc2)cc1. The Labute approximate surface area is 129 Å². The van der Waals surface area contributed by atoms with E-state index in [1.165, 1.54) is 0 Å². The van der Waals surface area contributed by atoms with Crippen LogP contribution in [0.25, 0.3) is 0 Å². The fourth-order valence-electron chi connectivity index (χ4n) is 1.74. The first-order valence-electron chi connectivity index (χ1n) is 6.82. The summed E-state index contributed by atoms with van der Waals surface area (Å²) in [5.41, 5.74) is 3.22. The van der Waals surface area contributed by atoms with Crippen molar-refractivity contribution in [2.24, 2.45) is 9.98 Å². The van der Waals surface area contributed by atoms with Gasteiger partial charge in [-0.3, -0.25) is 9.98 Å². The monoisotopic (exact) mass is 286 g/mol. The third-order valence-electron chi connectivity index (χ3n) is 2.92. The molecular formula is C18H14N4. The average molecular weight is 286 g/mol. The maximum absolute atomic E-state index is 8.71. The largest absolute Gasteiger partial charge is 0.291 e. The highest BCUT2D eigenvalue weighted by atomic mass is 14.8. The molecule has 0 unspecified atom stereocenters. The van der Waals surface area contributed by atoms with Crippen LogP contribution >= 0.6 is 0 Å². The van der Waals surface area contributed by atoms with Gasteiger partial charge in [0.1, 0.15) is 0 Å². The lowest BCUT2D eigenvalue weighted by Crippen LogP contribution is -1.90. The number of nitrogens with zero attached hydrogens (tertiary/aromatic N) is 4. The molecule has 0 aromatic heterocycles. The summed E-state index contributed by atoms with van der Waals surface area (Å²) in [6, 6.07) is 18.7. The first-order chi connectivity index (χ1) is 10.8. The van der Waals surface area contributed by atoms with Crippen molar-refractivity contribution >= 4 is 12.4 Å². The standard InChI is InChI=1S/C18H14N4/c19-11-15-1-5-17(6-2-15)13-21-9-10-22-14-18-7-3-16(12-20)4-8-18/h1-8,13-14H,9-10H2/b21-13+,22-14+. The summed E-state index contributed by atoms with van der Waals surface area (Å²) in [4.78, 5) is 8.58. The molecule has 0 radical (unpaired) electrons. The second kappa shape index (κ2) is 8.14. The predicted molar refractivity (Wildman–Crippen MR) is 87.2 cm³/mol. The van der Waals surface area contributed by atoms with Crippen LogP contribution in [0.1, 0.15) is 22.3 Å². The van der Waals surface area contributed by atoms with E-state index in [0.717, 1.165) is 11.1 Å². The number of hydrogen-bond donors (Lipinski definition) is 0. The molecule has 2 aromatic carbocycles. The van der Waals surface area contributed by atoms with Crippen LogP contribution in [0.5, 0.6) is 0 Å². The summed E-state index contributed by atoms with van der Waals surface area (Å²) in [6.45, 7) is 1.21. The number of rotatable bonds is 5. The molecule has 0 fully saturated rings. The summed E-state index contributed by atoms with van der Waals surface area (Å²) in [5, 5.41) is 17.4. The Morgan fingerprint density at radius 1 is 0.682 bits per heavy atom. The van der Waals surface area contributed by atoms with E-state index in [-0.39, 0.29) is 0 Å². The van der Waals surface area contributed by atoms with Gasteiger partial charge in [-0.1, -0.05) is 24.3 Å². The molecule has 4 nitrogen and oxygen atoms in total. The van der Waals surface area contributed by atoms with Crippen LogP contribution in [0.2, 0.25) is 0 Å². The van der Waals surface area contributed by atoms with Gasteiger partial charge in [0, 0.05) is 12.4 Å². The van der Waals surface area contributed by atoms with E-state index in [1.54, 1.807) is 36.7 Å². The molecule has 0 N–H and O–H groups in total. The molecule has 0 spiro atoms. The van der Waals surface area contributed by atoms with Gasteiger partial charge in [-0.25, -0.2) is 0 Å². The lowest BCUT2D eigenvalue weighted by atomic mass is 10.2. The van der Waals surface area contributed by atoms with Crippen molar-refractivity contribution < 1.29 is 0 Å². The Kier molecular flexibility index (Phi) is 5.61. The molecule has 0 atom stereocenters. The molecule has 0 aliphatic heterocycles. The first kappa shape index (κ1) is 15.2. The van der Waals surface area contributed by atoms with Crippen LogP contribution < -0.4 is 0 Å².